The van der Waals surface area contributed by atoms with Crippen LogP contribution in [0.2, 0.25) is 0 Å². The van der Waals surface area contributed by atoms with E-state index in [0.29, 0.717) is 0 Å². The summed E-state index contributed by atoms with van der Waals surface area (Å²) in [5, 5.41) is 0. The minimum Gasteiger partial charge on any atom is -0.381 e. The van der Waals surface area contributed by atoms with Gasteiger partial charge in [-0.15, -0.1) is 0 Å². The maximum absolute atomic E-state index is 6.28. The van der Waals surface area contributed by atoms with Gasteiger partial charge in [0.25, 0.3) is 0 Å². The fourth-order valence-corrected chi connectivity index (χ4v) is 2.14. The molecule has 0 unspecified atom stereocenters. The van der Waals surface area contributed by atoms with Gasteiger partial charge in [0.2, 0.25) is 0 Å². The minimum atomic E-state index is 0.149. The van der Waals surface area contributed by atoms with Gasteiger partial charge in [-0.3, -0.25) is 0 Å². The molecule has 2 rings (SSSR count). The molecule has 0 aromatic heterocycles. The van der Waals surface area contributed by atoms with E-state index in [0.717, 1.165) is 32.0 Å². The molecule has 2 nitrogen and oxygen atoms in total. The van der Waals surface area contributed by atoms with E-state index in [1.807, 2.05) is 0 Å². The molecule has 1 saturated carbocycles. The Balaban J connectivity index is 1.94. The van der Waals surface area contributed by atoms with Crippen LogP contribution in [0.15, 0.2) is 0 Å². The Kier molecular flexibility index (Phi) is 1.90. The molecule has 0 bridgehead atoms. The molecule has 11 heavy (non-hydrogen) atoms. The lowest BCUT2D eigenvalue weighted by Gasteiger charge is -2.45. The molecule has 1 heterocycles. The number of hydrogen-bond donors (Lipinski definition) is 1. The van der Waals surface area contributed by atoms with Crippen molar-refractivity contribution in [1.82, 2.24) is 0 Å². The average Bonchev–Trinajstić information content (AvgIpc) is 1.83. The highest BCUT2D eigenvalue weighted by Crippen LogP contribution is 2.39. The maximum Gasteiger partial charge on any atom is 0.0483 e. The quantitative estimate of drug-likeness (QED) is 0.619. The smallest absolute Gasteiger partial charge is 0.0483 e. The summed E-state index contributed by atoms with van der Waals surface area (Å²) < 4.78 is 5.30. The predicted octanol–water partition coefficient (Wildman–Crippen LogP) is 1.29. The highest BCUT2D eigenvalue weighted by Gasteiger charge is 2.39. The zero-order chi connectivity index (χ0) is 7.73. The fourth-order valence-electron chi connectivity index (χ4n) is 2.14. The number of hydrogen-bond acceptors (Lipinski definition) is 2. The molecule has 0 aromatic carbocycles. The van der Waals surface area contributed by atoms with Crippen molar-refractivity contribution in [1.29, 1.82) is 0 Å². The lowest BCUT2D eigenvalue weighted by molar-refractivity contribution is 0.0112. The Morgan fingerprint density at radius 1 is 1.18 bits per heavy atom. The normalized spacial score (nSPS) is 31.4. The highest BCUT2D eigenvalue weighted by atomic mass is 16.5. The van der Waals surface area contributed by atoms with E-state index in [1.165, 1.54) is 19.3 Å². The first-order valence-corrected chi connectivity index (χ1v) is 4.68. The van der Waals surface area contributed by atoms with E-state index < -0.39 is 0 Å². The molecule has 0 radical (unpaired) electrons. The largest absolute Gasteiger partial charge is 0.381 e. The van der Waals surface area contributed by atoms with Crippen molar-refractivity contribution in [3.05, 3.63) is 0 Å². The van der Waals surface area contributed by atoms with E-state index >= 15 is 0 Å². The highest BCUT2D eigenvalue weighted by molar-refractivity contribution is 4.96. The second kappa shape index (κ2) is 2.76. The van der Waals surface area contributed by atoms with Crippen molar-refractivity contribution in [3.8, 4) is 0 Å². The molecular weight excluding hydrogens is 138 g/mol. The van der Waals surface area contributed by atoms with Gasteiger partial charge in [-0.05, 0) is 31.6 Å². The summed E-state index contributed by atoms with van der Waals surface area (Å²) in [6.07, 6.45) is 6.27. The van der Waals surface area contributed by atoms with Crippen LogP contribution in [0.1, 0.15) is 32.1 Å². The van der Waals surface area contributed by atoms with Crippen LogP contribution in [0.4, 0.5) is 0 Å². The monoisotopic (exact) mass is 155 g/mol. The van der Waals surface area contributed by atoms with E-state index in [1.54, 1.807) is 0 Å². The summed E-state index contributed by atoms with van der Waals surface area (Å²) in [6, 6.07) is 0. The van der Waals surface area contributed by atoms with Gasteiger partial charge in [0.05, 0.1) is 0 Å². The van der Waals surface area contributed by atoms with Crippen LogP contribution in [0.3, 0.4) is 0 Å². The van der Waals surface area contributed by atoms with Crippen molar-refractivity contribution in [3.63, 3.8) is 0 Å². The first-order chi connectivity index (χ1) is 5.31. The van der Waals surface area contributed by atoms with Gasteiger partial charge in [0, 0.05) is 18.8 Å². The van der Waals surface area contributed by atoms with Gasteiger partial charge in [-0.25, -0.2) is 0 Å². The molecule has 2 heteroatoms. The van der Waals surface area contributed by atoms with E-state index in [2.05, 4.69) is 0 Å². The first-order valence-electron chi connectivity index (χ1n) is 4.68. The summed E-state index contributed by atoms with van der Waals surface area (Å²) in [6.45, 7) is 1.76. The van der Waals surface area contributed by atoms with Crippen molar-refractivity contribution in [2.75, 3.05) is 13.2 Å². The second-order valence-electron chi connectivity index (χ2n) is 3.97. The fraction of sp³-hybridized carbons (Fsp3) is 1.00. The first kappa shape index (κ1) is 7.56. The van der Waals surface area contributed by atoms with Gasteiger partial charge in [-0.2, -0.15) is 0 Å². The van der Waals surface area contributed by atoms with Crippen molar-refractivity contribution in [2.24, 2.45) is 11.7 Å². The van der Waals surface area contributed by atoms with Crippen LogP contribution in [-0.4, -0.2) is 18.8 Å². The molecule has 0 amide bonds. The molecule has 0 aromatic rings. The third-order valence-electron chi connectivity index (χ3n) is 3.34. The van der Waals surface area contributed by atoms with Gasteiger partial charge >= 0.3 is 0 Å². The van der Waals surface area contributed by atoms with Crippen LogP contribution in [0.25, 0.3) is 0 Å². The zero-order valence-corrected chi connectivity index (χ0v) is 7.01. The summed E-state index contributed by atoms with van der Waals surface area (Å²) >= 11 is 0. The number of nitrogens with two attached hydrogens (primary N) is 1. The van der Waals surface area contributed by atoms with Crippen LogP contribution in [0.5, 0.6) is 0 Å². The zero-order valence-electron chi connectivity index (χ0n) is 7.01. The molecule has 2 N–H and O–H groups in total. The molecule has 64 valence electrons. The summed E-state index contributed by atoms with van der Waals surface area (Å²) in [4.78, 5) is 0. The van der Waals surface area contributed by atoms with Gasteiger partial charge in [0.1, 0.15) is 0 Å². The molecule has 0 spiro atoms. The Bertz CT molecular complexity index is 136. The molecule has 0 atom stereocenters. The van der Waals surface area contributed by atoms with E-state index in [-0.39, 0.29) is 5.54 Å². The molecule has 1 aliphatic carbocycles. The van der Waals surface area contributed by atoms with Crippen LogP contribution in [0, 0.1) is 5.92 Å². The molecule has 2 fully saturated rings. The summed E-state index contributed by atoms with van der Waals surface area (Å²) in [5.74, 6) is 0.811. The lowest BCUT2D eigenvalue weighted by atomic mass is 9.68. The van der Waals surface area contributed by atoms with Gasteiger partial charge in [-0.1, -0.05) is 6.42 Å². The molecule has 1 aliphatic heterocycles. The molecular formula is C9H17NO. The van der Waals surface area contributed by atoms with E-state index in [4.69, 9.17) is 10.5 Å². The third kappa shape index (κ3) is 1.30. The lowest BCUT2D eigenvalue weighted by Crippen LogP contribution is -2.53. The SMILES string of the molecule is NC1(C2CCC2)CCOCC1. The Morgan fingerprint density at radius 2 is 1.82 bits per heavy atom. The van der Waals surface area contributed by atoms with Crippen molar-refractivity contribution in [2.45, 2.75) is 37.6 Å². The number of ether oxygens (including phenoxy) is 1. The minimum absolute atomic E-state index is 0.149. The standard InChI is InChI=1S/C9H17NO/c10-9(8-2-1-3-8)4-6-11-7-5-9/h8H,1-7,10H2. The number of rotatable bonds is 1. The maximum atomic E-state index is 6.28. The van der Waals surface area contributed by atoms with E-state index in [9.17, 15) is 0 Å². The van der Waals surface area contributed by atoms with Crippen LogP contribution < -0.4 is 5.73 Å². The Morgan fingerprint density at radius 3 is 2.27 bits per heavy atom. The average molecular weight is 155 g/mol. The summed E-state index contributed by atoms with van der Waals surface area (Å²) in [5.41, 5.74) is 6.43. The van der Waals surface area contributed by atoms with Gasteiger partial charge in [0.15, 0.2) is 0 Å². The molecule has 1 saturated heterocycles. The predicted molar refractivity (Wildman–Crippen MR) is 44.3 cm³/mol. The van der Waals surface area contributed by atoms with Gasteiger partial charge < -0.3 is 10.5 Å². The van der Waals surface area contributed by atoms with Crippen LogP contribution >= 0.6 is 0 Å². The van der Waals surface area contributed by atoms with Crippen molar-refractivity contribution >= 4 is 0 Å². The molecule has 2 aliphatic rings. The Labute approximate surface area is 68.1 Å². The van der Waals surface area contributed by atoms with Crippen molar-refractivity contribution < 1.29 is 4.74 Å². The Hall–Kier alpha value is -0.0800. The third-order valence-corrected chi connectivity index (χ3v) is 3.34. The van der Waals surface area contributed by atoms with Crippen LogP contribution in [-0.2, 0) is 4.74 Å². The topological polar surface area (TPSA) is 35.2 Å². The summed E-state index contributed by atoms with van der Waals surface area (Å²) in [7, 11) is 0. The second-order valence-corrected chi connectivity index (χ2v) is 3.97.